The van der Waals surface area contributed by atoms with Gasteiger partial charge < -0.3 is 20.1 Å². The first kappa shape index (κ1) is 23.3. The molecule has 2 aromatic carbocycles. The molecule has 0 aliphatic carbocycles. The maximum absolute atomic E-state index is 12.6. The number of likely N-dealkylation sites (tertiary alicyclic amines) is 1. The molecule has 168 valence electrons. The largest absolute Gasteiger partial charge is 0.489 e. The zero-order valence-corrected chi connectivity index (χ0v) is 18.8. The Kier molecular flexibility index (Phi) is 8.88. The van der Waals surface area contributed by atoms with Crippen LogP contribution in [-0.2, 0) is 22.7 Å². The molecule has 1 aliphatic rings. The van der Waals surface area contributed by atoms with Crippen LogP contribution in [0.4, 0.5) is 0 Å². The van der Waals surface area contributed by atoms with E-state index in [1.54, 1.807) is 7.11 Å². The fourth-order valence-corrected chi connectivity index (χ4v) is 3.98. The lowest BCUT2D eigenvalue weighted by molar-refractivity contribution is -0.126. The fraction of sp³-hybridized carbons (Fsp3) is 0.480. The first-order valence-corrected chi connectivity index (χ1v) is 11.1. The summed E-state index contributed by atoms with van der Waals surface area (Å²) in [7, 11) is 1.64. The molecule has 1 heterocycles. The summed E-state index contributed by atoms with van der Waals surface area (Å²) in [6.07, 6.45) is 0.807. The number of ether oxygens (including phenoxy) is 2. The van der Waals surface area contributed by atoms with Crippen molar-refractivity contribution in [1.29, 1.82) is 0 Å². The van der Waals surface area contributed by atoms with Crippen LogP contribution in [0, 0.1) is 0 Å². The second-order valence-electron chi connectivity index (χ2n) is 8.33. The molecule has 0 aromatic heterocycles. The highest BCUT2D eigenvalue weighted by Gasteiger charge is 2.37. The quantitative estimate of drug-likeness (QED) is 0.542. The van der Waals surface area contributed by atoms with Crippen LogP contribution in [0.5, 0.6) is 5.75 Å². The lowest BCUT2D eigenvalue weighted by atomic mass is 10.1. The molecule has 0 radical (unpaired) electrons. The average molecular weight is 426 g/mol. The van der Waals surface area contributed by atoms with E-state index < -0.39 is 0 Å². The molecular formula is C25H35N3O3. The van der Waals surface area contributed by atoms with Gasteiger partial charge in [0.15, 0.2) is 0 Å². The summed E-state index contributed by atoms with van der Waals surface area (Å²) in [6, 6.07) is 18.9. The molecule has 2 N–H and O–H groups in total. The summed E-state index contributed by atoms with van der Waals surface area (Å²) in [6.45, 7) is 7.54. The molecule has 1 amide bonds. The Bertz CT molecular complexity index is 813. The maximum atomic E-state index is 12.6. The van der Waals surface area contributed by atoms with Gasteiger partial charge in [-0.05, 0) is 43.5 Å². The van der Waals surface area contributed by atoms with Crippen molar-refractivity contribution in [3.05, 3.63) is 65.7 Å². The van der Waals surface area contributed by atoms with Crippen molar-refractivity contribution < 1.29 is 14.3 Å². The molecule has 31 heavy (non-hydrogen) atoms. The van der Waals surface area contributed by atoms with Gasteiger partial charge in [-0.25, -0.2) is 0 Å². The van der Waals surface area contributed by atoms with E-state index in [2.05, 4.69) is 53.6 Å². The van der Waals surface area contributed by atoms with E-state index in [1.165, 1.54) is 5.56 Å². The lowest BCUT2D eigenvalue weighted by Gasteiger charge is -2.27. The standard InChI is InChI=1S/C25H35N3O3/c1-19(2)28-17-22(15-24(28)25(29)26-12-13-30-3)27-16-21-10-7-11-23(14-21)31-18-20-8-5-4-6-9-20/h4-11,14,19,22,24,27H,12-13,15-18H2,1-3H3,(H,26,29)/t22-,24+/m1/s1. The Morgan fingerprint density at radius 1 is 1.13 bits per heavy atom. The van der Waals surface area contributed by atoms with Crippen LogP contribution in [0.15, 0.2) is 54.6 Å². The second kappa shape index (κ2) is 11.8. The molecule has 2 aromatic rings. The van der Waals surface area contributed by atoms with Gasteiger partial charge in [0.25, 0.3) is 0 Å². The van der Waals surface area contributed by atoms with Gasteiger partial charge in [0.1, 0.15) is 12.4 Å². The highest BCUT2D eigenvalue weighted by atomic mass is 16.5. The van der Waals surface area contributed by atoms with E-state index >= 15 is 0 Å². The Morgan fingerprint density at radius 2 is 1.90 bits per heavy atom. The third-order valence-electron chi connectivity index (χ3n) is 5.65. The first-order chi connectivity index (χ1) is 15.1. The Hall–Kier alpha value is -2.41. The van der Waals surface area contributed by atoms with Gasteiger partial charge in [-0.3, -0.25) is 9.69 Å². The summed E-state index contributed by atoms with van der Waals surface area (Å²) < 4.78 is 11.0. The zero-order chi connectivity index (χ0) is 22.1. The maximum Gasteiger partial charge on any atom is 0.237 e. The summed E-state index contributed by atoms with van der Waals surface area (Å²) >= 11 is 0. The minimum absolute atomic E-state index is 0.0892. The Morgan fingerprint density at radius 3 is 2.65 bits per heavy atom. The van der Waals surface area contributed by atoms with Crippen LogP contribution in [0.2, 0.25) is 0 Å². The minimum atomic E-state index is -0.102. The monoisotopic (exact) mass is 425 g/mol. The number of benzene rings is 2. The van der Waals surface area contributed by atoms with Crippen molar-refractivity contribution in [1.82, 2.24) is 15.5 Å². The SMILES string of the molecule is COCCNC(=O)[C@@H]1C[C@@H](NCc2cccc(OCc3ccccc3)c2)CN1C(C)C. The van der Waals surface area contributed by atoms with Crippen LogP contribution in [0.25, 0.3) is 0 Å². The number of carbonyl (C=O) groups excluding carboxylic acids is 1. The van der Waals surface area contributed by atoms with Gasteiger partial charge in [-0.2, -0.15) is 0 Å². The smallest absolute Gasteiger partial charge is 0.237 e. The van der Waals surface area contributed by atoms with Crippen LogP contribution in [0.3, 0.4) is 0 Å². The van der Waals surface area contributed by atoms with Crippen LogP contribution < -0.4 is 15.4 Å². The topological polar surface area (TPSA) is 62.8 Å². The normalized spacial score (nSPS) is 19.0. The Balaban J connectivity index is 1.51. The molecule has 0 bridgehead atoms. The van der Waals surface area contributed by atoms with Crippen molar-refractivity contribution in [2.24, 2.45) is 0 Å². The predicted octanol–water partition coefficient (Wildman–Crippen LogP) is 2.97. The highest BCUT2D eigenvalue weighted by Crippen LogP contribution is 2.22. The molecule has 3 rings (SSSR count). The van der Waals surface area contributed by atoms with E-state index in [9.17, 15) is 4.79 Å². The molecule has 1 fully saturated rings. The number of carbonyl (C=O) groups is 1. The van der Waals surface area contributed by atoms with Crippen molar-refractivity contribution >= 4 is 5.91 Å². The van der Waals surface area contributed by atoms with Crippen molar-refractivity contribution in [2.45, 2.75) is 51.5 Å². The Labute approximate surface area is 185 Å². The summed E-state index contributed by atoms with van der Waals surface area (Å²) in [4.78, 5) is 14.9. The third kappa shape index (κ3) is 7.06. The molecule has 0 spiro atoms. The van der Waals surface area contributed by atoms with Gasteiger partial charge in [0, 0.05) is 38.8 Å². The van der Waals surface area contributed by atoms with Gasteiger partial charge in [0.2, 0.25) is 5.91 Å². The van der Waals surface area contributed by atoms with E-state index in [4.69, 9.17) is 9.47 Å². The van der Waals surface area contributed by atoms with E-state index in [0.29, 0.717) is 25.8 Å². The van der Waals surface area contributed by atoms with E-state index in [1.807, 2.05) is 30.3 Å². The van der Waals surface area contributed by atoms with Crippen LogP contribution >= 0.6 is 0 Å². The summed E-state index contributed by atoms with van der Waals surface area (Å²) in [5, 5.41) is 6.62. The first-order valence-electron chi connectivity index (χ1n) is 11.1. The molecule has 0 saturated carbocycles. The van der Waals surface area contributed by atoms with Crippen molar-refractivity contribution in [3.8, 4) is 5.75 Å². The van der Waals surface area contributed by atoms with Crippen LogP contribution in [0.1, 0.15) is 31.4 Å². The predicted molar refractivity (Wildman–Crippen MR) is 123 cm³/mol. The van der Waals surface area contributed by atoms with Crippen molar-refractivity contribution in [3.63, 3.8) is 0 Å². The van der Waals surface area contributed by atoms with Gasteiger partial charge in [-0.15, -0.1) is 0 Å². The number of methoxy groups -OCH3 is 1. The number of nitrogens with zero attached hydrogens (tertiary/aromatic N) is 1. The average Bonchev–Trinajstić information content (AvgIpc) is 3.22. The van der Waals surface area contributed by atoms with E-state index in [-0.39, 0.29) is 18.0 Å². The number of nitrogens with one attached hydrogen (secondary N) is 2. The second-order valence-corrected chi connectivity index (χ2v) is 8.33. The number of hydrogen-bond donors (Lipinski definition) is 2. The van der Waals surface area contributed by atoms with Gasteiger partial charge in [0.05, 0.1) is 12.6 Å². The molecule has 2 atom stereocenters. The molecule has 6 heteroatoms. The minimum Gasteiger partial charge on any atom is -0.489 e. The number of rotatable bonds is 11. The summed E-state index contributed by atoms with van der Waals surface area (Å²) in [5.74, 6) is 0.958. The highest BCUT2D eigenvalue weighted by molar-refractivity contribution is 5.82. The van der Waals surface area contributed by atoms with E-state index in [0.717, 1.165) is 30.8 Å². The number of hydrogen-bond acceptors (Lipinski definition) is 5. The van der Waals surface area contributed by atoms with Gasteiger partial charge in [-0.1, -0.05) is 42.5 Å². The van der Waals surface area contributed by atoms with Crippen molar-refractivity contribution in [2.75, 3.05) is 26.8 Å². The molecule has 1 saturated heterocycles. The number of amides is 1. The van der Waals surface area contributed by atoms with Gasteiger partial charge >= 0.3 is 0 Å². The zero-order valence-electron chi connectivity index (χ0n) is 18.8. The molecule has 6 nitrogen and oxygen atoms in total. The molecule has 0 unspecified atom stereocenters. The fourth-order valence-electron chi connectivity index (χ4n) is 3.98. The third-order valence-corrected chi connectivity index (χ3v) is 5.65. The van der Waals surface area contributed by atoms with Crippen LogP contribution in [-0.4, -0.2) is 55.7 Å². The summed E-state index contributed by atoms with van der Waals surface area (Å²) in [5.41, 5.74) is 2.33. The molecule has 1 aliphatic heterocycles. The molecular weight excluding hydrogens is 390 g/mol. The lowest BCUT2D eigenvalue weighted by Crippen LogP contribution is -2.46.